The summed E-state index contributed by atoms with van der Waals surface area (Å²) in [5.74, 6) is -1.52. The molecule has 2 heterocycles. The monoisotopic (exact) mass is 544 g/mol. The first-order valence-corrected chi connectivity index (χ1v) is 13.2. The maximum absolute atomic E-state index is 14.0. The fourth-order valence-electron chi connectivity index (χ4n) is 5.43. The number of alkyl halides is 2. The van der Waals surface area contributed by atoms with E-state index in [2.05, 4.69) is 21.2 Å². The van der Waals surface area contributed by atoms with Gasteiger partial charge in [-0.05, 0) is 54.5 Å². The van der Waals surface area contributed by atoms with Gasteiger partial charge < -0.3 is 14.6 Å². The van der Waals surface area contributed by atoms with Gasteiger partial charge >= 0.3 is 5.97 Å². The molecule has 1 aromatic heterocycles. The third-order valence-electron chi connectivity index (χ3n) is 8.25. The van der Waals surface area contributed by atoms with E-state index in [9.17, 15) is 23.2 Å². The summed E-state index contributed by atoms with van der Waals surface area (Å²) in [7, 11) is 0. The van der Waals surface area contributed by atoms with E-state index >= 15 is 0 Å². The van der Waals surface area contributed by atoms with E-state index in [0.29, 0.717) is 29.5 Å². The van der Waals surface area contributed by atoms with Crippen LogP contribution in [0.5, 0.6) is 0 Å². The number of carbonyl (C=O) groups is 3. The number of benzene rings is 2. The highest BCUT2D eigenvalue weighted by molar-refractivity contribution is 6.11. The molecule has 0 spiro atoms. The third kappa shape index (κ3) is 4.90. The minimum atomic E-state index is -2.87. The van der Waals surface area contributed by atoms with Gasteiger partial charge in [-0.15, -0.1) is 6.42 Å². The van der Waals surface area contributed by atoms with Gasteiger partial charge in [0.1, 0.15) is 5.58 Å². The Labute approximate surface area is 228 Å². The molecule has 1 amide bonds. The number of nitrogens with zero attached hydrogens (tertiary/aromatic N) is 1. The lowest BCUT2D eigenvalue weighted by Crippen LogP contribution is -2.58. The van der Waals surface area contributed by atoms with Crippen LogP contribution in [0.25, 0.3) is 22.1 Å². The van der Waals surface area contributed by atoms with Crippen LogP contribution >= 0.6 is 0 Å². The summed E-state index contributed by atoms with van der Waals surface area (Å²) in [6.07, 6.45) is 5.96. The Morgan fingerprint density at radius 2 is 1.62 bits per heavy atom. The molecule has 9 heteroatoms. The van der Waals surface area contributed by atoms with Crippen LogP contribution in [0.15, 0.2) is 58.1 Å². The molecule has 0 unspecified atom stereocenters. The number of carbonyl (C=O) groups excluding carboxylic acids is 3. The molecule has 0 bridgehead atoms. The minimum Gasteiger partial charge on any atom is -0.451 e. The highest BCUT2D eigenvalue weighted by atomic mass is 19.3. The van der Waals surface area contributed by atoms with Gasteiger partial charge in [-0.1, -0.05) is 47.5 Å². The van der Waals surface area contributed by atoms with E-state index in [0.717, 1.165) is 16.7 Å². The minimum absolute atomic E-state index is 0.00555. The molecule has 1 N–H and O–H groups in total. The normalized spacial score (nSPS) is 20.3. The Balaban J connectivity index is 1.22. The van der Waals surface area contributed by atoms with E-state index < -0.39 is 41.6 Å². The average Bonchev–Trinajstić information content (AvgIpc) is 3.36. The van der Waals surface area contributed by atoms with Crippen LogP contribution in [-0.2, 0) is 14.4 Å². The Morgan fingerprint density at radius 1 is 0.950 bits per heavy atom. The number of hydrogen-bond donors (Lipinski definition) is 1. The molecule has 0 atom stereocenters. The van der Waals surface area contributed by atoms with Crippen molar-refractivity contribution in [3.63, 3.8) is 0 Å². The topological polar surface area (TPSA) is 98.0 Å². The first-order chi connectivity index (χ1) is 19.1. The van der Waals surface area contributed by atoms with E-state index in [1.54, 1.807) is 12.1 Å². The van der Waals surface area contributed by atoms with Gasteiger partial charge in [0.25, 0.3) is 5.91 Å². The quantitative estimate of drug-likeness (QED) is 0.299. The summed E-state index contributed by atoms with van der Waals surface area (Å²) < 4.78 is 33.9. The van der Waals surface area contributed by atoms with Crippen LogP contribution < -0.4 is 5.32 Å². The largest absolute Gasteiger partial charge is 0.451 e. The second kappa shape index (κ2) is 9.40. The van der Waals surface area contributed by atoms with E-state index in [1.807, 2.05) is 36.4 Å². The lowest BCUT2D eigenvalue weighted by Gasteiger charge is -2.39. The number of oxime groups is 1. The second-order valence-electron chi connectivity index (χ2n) is 11.0. The second-order valence-corrected chi connectivity index (χ2v) is 11.0. The fraction of sp³-hybridized carbons (Fsp3) is 0.355. The standard InChI is InChI=1S/C31H26F2N2O5/c1-2-29(9-10-29)18-26(36)30(11-13-31(32,33)14-12-30)34-28(38)25-16-22-8-7-21(15-24(22)39-25)19-3-5-20(6-4-19)23-17-27(37)40-35-23/h1,3-8,15-16H,9-14,17-18H2,(H,34,38). The van der Waals surface area contributed by atoms with Crippen LogP contribution in [0, 0.1) is 17.8 Å². The van der Waals surface area contributed by atoms with Gasteiger partial charge in [-0.2, -0.15) is 0 Å². The lowest BCUT2D eigenvalue weighted by molar-refractivity contribution is -0.140. The zero-order valence-corrected chi connectivity index (χ0v) is 21.6. The van der Waals surface area contributed by atoms with Gasteiger partial charge in [0, 0.05) is 30.1 Å². The van der Waals surface area contributed by atoms with Crippen molar-refractivity contribution in [1.82, 2.24) is 5.32 Å². The highest BCUT2D eigenvalue weighted by Gasteiger charge is 2.52. The fourth-order valence-corrected chi connectivity index (χ4v) is 5.43. The summed E-state index contributed by atoms with van der Waals surface area (Å²) in [6.45, 7) is 0. The van der Waals surface area contributed by atoms with Crippen LogP contribution in [0.3, 0.4) is 0 Å². The van der Waals surface area contributed by atoms with E-state index in [-0.39, 0.29) is 37.2 Å². The SMILES string of the molecule is C#CC1(CC(=O)C2(NC(=O)c3cc4ccc(-c5ccc(C6=NOC(=O)C6)cc5)cc4o3)CCC(F)(F)CC2)CC1. The Bertz CT molecular complexity index is 1600. The molecule has 2 aromatic carbocycles. The molecule has 3 aromatic rings. The van der Waals surface area contributed by atoms with Crippen LogP contribution in [0.4, 0.5) is 8.78 Å². The summed E-state index contributed by atoms with van der Waals surface area (Å²) >= 11 is 0. The molecule has 3 aliphatic rings. The van der Waals surface area contributed by atoms with Gasteiger partial charge in [0.05, 0.1) is 17.7 Å². The summed E-state index contributed by atoms with van der Waals surface area (Å²) in [5.41, 5.74) is 1.60. The number of ketones is 1. The zero-order valence-electron chi connectivity index (χ0n) is 21.6. The molecular formula is C31H26F2N2O5. The van der Waals surface area contributed by atoms with Crippen molar-refractivity contribution in [3.8, 4) is 23.5 Å². The molecule has 0 saturated heterocycles. The molecule has 40 heavy (non-hydrogen) atoms. The number of terminal acetylenes is 1. The molecular weight excluding hydrogens is 518 g/mol. The number of hydrogen-bond acceptors (Lipinski definition) is 6. The predicted octanol–water partition coefficient (Wildman–Crippen LogP) is 5.80. The maximum Gasteiger partial charge on any atom is 0.341 e. The van der Waals surface area contributed by atoms with Crippen molar-refractivity contribution in [2.75, 3.05) is 0 Å². The van der Waals surface area contributed by atoms with Crippen LogP contribution in [0.2, 0.25) is 0 Å². The van der Waals surface area contributed by atoms with Gasteiger partial charge in [-0.3, -0.25) is 9.59 Å². The van der Waals surface area contributed by atoms with Gasteiger partial charge in [-0.25, -0.2) is 13.6 Å². The molecule has 7 nitrogen and oxygen atoms in total. The molecule has 1 aliphatic heterocycles. The Kier molecular flexibility index (Phi) is 6.10. The first kappa shape index (κ1) is 25.9. The third-order valence-corrected chi connectivity index (χ3v) is 8.25. The van der Waals surface area contributed by atoms with Crippen molar-refractivity contribution in [2.45, 2.75) is 62.8 Å². The Hall–Kier alpha value is -4.32. The van der Waals surface area contributed by atoms with Crippen LogP contribution in [0.1, 0.15) is 67.5 Å². The highest BCUT2D eigenvalue weighted by Crippen LogP contribution is 2.50. The molecule has 2 saturated carbocycles. The summed E-state index contributed by atoms with van der Waals surface area (Å²) in [6, 6.07) is 14.5. The van der Waals surface area contributed by atoms with E-state index in [1.165, 1.54) is 0 Å². The number of nitrogens with one attached hydrogen (secondary N) is 1. The number of rotatable bonds is 7. The zero-order chi connectivity index (χ0) is 28.1. The molecule has 2 fully saturated rings. The van der Waals surface area contributed by atoms with E-state index in [4.69, 9.17) is 10.8 Å². The summed E-state index contributed by atoms with van der Waals surface area (Å²) in [4.78, 5) is 42.7. The average molecular weight is 545 g/mol. The maximum atomic E-state index is 14.0. The predicted molar refractivity (Wildman–Crippen MR) is 143 cm³/mol. The van der Waals surface area contributed by atoms with Crippen LogP contribution in [-0.4, -0.2) is 34.8 Å². The van der Waals surface area contributed by atoms with Crippen molar-refractivity contribution >= 4 is 34.3 Å². The number of fused-ring (bicyclic) bond motifs is 1. The Morgan fingerprint density at radius 3 is 2.25 bits per heavy atom. The number of amides is 1. The molecule has 2 aliphatic carbocycles. The number of halogens is 2. The number of furan rings is 1. The smallest absolute Gasteiger partial charge is 0.341 e. The van der Waals surface area contributed by atoms with Crippen molar-refractivity contribution < 1.29 is 32.4 Å². The van der Waals surface area contributed by atoms with Crippen molar-refractivity contribution in [3.05, 3.63) is 59.9 Å². The van der Waals surface area contributed by atoms with Gasteiger partial charge in [0.15, 0.2) is 11.5 Å². The van der Waals surface area contributed by atoms with Gasteiger partial charge in [0.2, 0.25) is 5.92 Å². The molecule has 0 radical (unpaired) electrons. The molecule has 204 valence electrons. The first-order valence-electron chi connectivity index (χ1n) is 13.2. The summed E-state index contributed by atoms with van der Waals surface area (Å²) in [5, 5.41) is 7.24. The number of Topliss-reactive ketones (excluding diaryl/α,β-unsaturated/α-hetero) is 1. The van der Waals surface area contributed by atoms with Crippen molar-refractivity contribution in [1.29, 1.82) is 0 Å². The molecule has 6 rings (SSSR count). The van der Waals surface area contributed by atoms with Crippen molar-refractivity contribution in [2.24, 2.45) is 10.6 Å². The lowest BCUT2D eigenvalue weighted by atomic mass is 9.74.